The number of nitrogens with zero attached hydrogens (tertiary/aromatic N) is 3. The summed E-state index contributed by atoms with van der Waals surface area (Å²) in [6.45, 7) is 3.64. The van der Waals surface area contributed by atoms with Crippen LogP contribution < -0.4 is 10.6 Å². The zero-order chi connectivity index (χ0) is 17.8. The highest BCUT2D eigenvalue weighted by Crippen LogP contribution is 2.30. The van der Waals surface area contributed by atoms with Crippen molar-refractivity contribution in [3.8, 4) is 0 Å². The minimum atomic E-state index is -0.331. The van der Waals surface area contributed by atoms with Gasteiger partial charge in [-0.2, -0.15) is 0 Å². The molecule has 3 rings (SSSR count). The highest BCUT2D eigenvalue weighted by molar-refractivity contribution is 8.00. The first-order chi connectivity index (χ1) is 12.1. The number of hydrogen-bond acceptors (Lipinski definition) is 5. The second-order valence-corrected chi connectivity index (χ2v) is 7.25. The van der Waals surface area contributed by atoms with Crippen LogP contribution in [0.1, 0.15) is 18.9 Å². The molecule has 0 radical (unpaired) electrons. The van der Waals surface area contributed by atoms with E-state index >= 15 is 0 Å². The average Bonchev–Trinajstić information content (AvgIpc) is 3.19. The molecule has 1 N–H and O–H groups in total. The lowest BCUT2D eigenvalue weighted by atomic mass is 10.2. The molecule has 1 aromatic carbocycles. The van der Waals surface area contributed by atoms with Crippen LogP contribution in [0.3, 0.4) is 0 Å². The first kappa shape index (κ1) is 17.8. The number of anilines is 1. The van der Waals surface area contributed by atoms with Gasteiger partial charge in [0.15, 0.2) is 5.16 Å². The van der Waals surface area contributed by atoms with Crippen LogP contribution in [0.15, 0.2) is 34.2 Å². The van der Waals surface area contributed by atoms with E-state index in [-0.39, 0.29) is 16.8 Å². The number of rotatable bonds is 7. The fourth-order valence-electron chi connectivity index (χ4n) is 2.95. The number of aromatic nitrogens is 3. The Labute approximate surface area is 150 Å². The maximum atomic E-state index is 12.9. The van der Waals surface area contributed by atoms with Crippen LogP contribution in [-0.4, -0.2) is 46.2 Å². The molecule has 0 spiro atoms. The lowest BCUT2D eigenvalue weighted by Crippen LogP contribution is -2.35. The summed E-state index contributed by atoms with van der Waals surface area (Å²) in [5.74, 6) is 0.0360. The number of carbonyl (C=O) groups is 1. The average molecular weight is 362 g/mol. The molecule has 8 heteroatoms. The van der Waals surface area contributed by atoms with Crippen molar-refractivity contribution >= 4 is 23.4 Å². The predicted octanol–water partition coefficient (Wildman–Crippen LogP) is 1.68. The number of ether oxygens (including phenoxy) is 1. The van der Waals surface area contributed by atoms with Crippen molar-refractivity contribution in [2.75, 3.05) is 25.2 Å². The highest BCUT2D eigenvalue weighted by Gasteiger charge is 2.29. The van der Waals surface area contributed by atoms with Gasteiger partial charge in [0.05, 0.1) is 5.25 Å². The molecule has 1 atom stereocenters. The van der Waals surface area contributed by atoms with Gasteiger partial charge >= 0.3 is 5.69 Å². The smallest absolute Gasteiger partial charge is 0.343 e. The molecule has 7 nitrogen and oxygen atoms in total. The van der Waals surface area contributed by atoms with Gasteiger partial charge in [0.25, 0.3) is 0 Å². The number of thioether (sulfide) groups is 1. The van der Waals surface area contributed by atoms with E-state index in [0.29, 0.717) is 31.3 Å². The van der Waals surface area contributed by atoms with Gasteiger partial charge in [-0.05, 0) is 31.4 Å². The van der Waals surface area contributed by atoms with Gasteiger partial charge in [-0.25, -0.2) is 9.89 Å². The maximum Gasteiger partial charge on any atom is 0.343 e. The van der Waals surface area contributed by atoms with Crippen molar-refractivity contribution in [1.29, 1.82) is 0 Å². The van der Waals surface area contributed by atoms with Gasteiger partial charge < -0.3 is 9.64 Å². The highest BCUT2D eigenvalue weighted by atomic mass is 32.2. The number of nitrogens with one attached hydrogen (secondary N) is 1. The van der Waals surface area contributed by atoms with Crippen LogP contribution in [0.25, 0.3) is 0 Å². The van der Waals surface area contributed by atoms with Crippen LogP contribution in [-0.2, 0) is 22.5 Å². The van der Waals surface area contributed by atoms with E-state index in [0.717, 1.165) is 12.1 Å². The first-order valence-electron chi connectivity index (χ1n) is 8.32. The van der Waals surface area contributed by atoms with Gasteiger partial charge in [0.1, 0.15) is 0 Å². The van der Waals surface area contributed by atoms with Gasteiger partial charge in [-0.1, -0.05) is 30.0 Å². The van der Waals surface area contributed by atoms with E-state index in [1.54, 1.807) is 11.7 Å². The maximum absolute atomic E-state index is 12.9. The number of methoxy groups -OCH3 is 1. The van der Waals surface area contributed by atoms with Crippen LogP contribution >= 0.6 is 11.8 Å². The molecule has 1 unspecified atom stereocenters. The van der Waals surface area contributed by atoms with Crippen LogP contribution in [0.2, 0.25) is 0 Å². The number of fused-ring (bicyclic) bond motifs is 1. The van der Waals surface area contributed by atoms with E-state index in [2.05, 4.69) is 16.3 Å². The second kappa shape index (κ2) is 7.88. The molecule has 0 saturated carbocycles. The Morgan fingerprint density at radius 3 is 3.04 bits per heavy atom. The fourth-order valence-corrected chi connectivity index (χ4v) is 3.90. The monoisotopic (exact) mass is 362 g/mol. The Bertz CT molecular complexity index is 801. The Morgan fingerprint density at radius 1 is 1.44 bits per heavy atom. The summed E-state index contributed by atoms with van der Waals surface area (Å²) in [5, 5.41) is 6.73. The molecule has 134 valence electrons. The zero-order valence-electron chi connectivity index (χ0n) is 14.4. The SMILES string of the molecule is COCCCn1c(SC(C)C(=O)N2CCc3ccccc32)n[nH]c1=O. The van der Waals surface area contributed by atoms with Crippen molar-refractivity contribution in [2.24, 2.45) is 0 Å². The number of hydrogen-bond donors (Lipinski definition) is 1. The van der Waals surface area contributed by atoms with Gasteiger partial charge in [-0.3, -0.25) is 9.36 Å². The van der Waals surface area contributed by atoms with Gasteiger partial charge in [-0.15, -0.1) is 5.10 Å². The summed E-state index contributed by atoms with van der Waals surface area (Å²) in [6, 6.07) is 7.98. The molecular weight excluding hydrogens is 340 g/mol. The Morgan fingerprint density at radius 2 is 2.24 bits per heavy atom. The third-order valence-corrected chi connectivity index (χ3v) is 5.31. The molecule has 1 aromatic heterocycles. The number of para-hydroxylation sites is 1. The first-order valence-corrected chi connectivity index (χ1v) is 9.20. The largest absolute Gasteiger partial charge is 0.385 e. The molecule has 1 aliphatic rings. The second-order valence-electron chi connectivity index (χ2n) is 5.94. The molecule has 1 aliphatic heterocycles. The van der Waals surface area contributed by atoms with Crippen LogP contribution in [0.5, 0.6) is 0 Å². The molecule has 1 amide bonds. The van der Waals surface area contributed by atoms with E-state index < -0.39 is 0 Å². The Kier molecular flexibility index (Phi) is 5.60. The minimum absolute atomic E-state index is 0.0360. The van der Waals surface area contributed by atoms with E-state index in [9.17, 15) is 9.59 Å². The quantitative estimate of drug-likeness (QED) is 0.599. The normalized spacial score (nSPS) is 14.6. The van der Waals surface area contributed by atoms with E-state index in [1.165, 1.54) is 17.3 Å². The molecule has 0 fully saturated rings. The van der Waals surface area contributed by atoms with Crippen molar-refractivity contribution < 1.29 is 9.53 Å². The molecule has 0 bridgehead atoms. The summed E-state index contributed by atoms with van der Waals surface area (Å²) in [7, 11) is 1.63. The number of aromatic amines is 1. The topological polar surface area (TPSA) is 80.2 Å². The number of carbonyl (C=O) groups excluding carboxylic acids is 1. The molecule has 0 aliphatic carbocycles. The van der Waals surface area contributed by atoms with Crippen molar-refractivity contribution in [1.82, 2.24) is 14.8 Å². The van der Waals surface area contributed by atoms with Gasteiger partial charge in [0.2, 0.25) is 5.91 Å². The predicted molar refractivity (Wildman–Crippen MR) is 97.2 cm³/mol. The van der Waals surface area contributed by atoms with Crippen molar-refractivity contribution in [3.05, 3.63) is 40.3 Å². The molecule has 2 aromatic rings. The third-order valence-electron chi connectivity index (χ3n) is 4.24. The summed E-state index contributed by atoms with van der Waals surface area (Å²) in [5.41, 5.74) is 1.92. The third kappa shape index (κ3) is 3.80. The zero-order valence-corrected chi connectivity index (χ0v) is 15.2. The summed E-state index contributed by atoms with van der Waals surface area (Å²) >= 11 is 1.31. The summed E-state index contributed by atoms with van der Waals surface area (Å²) in [4.78, 5) is 26.6. The fraction of sp³-hybridized carbons (Fsp3) is 0.471. The Balaban J connectivity index is 1.70. The van der Waals surface area contributed by atoms with E-state index in [1.807, 2.05) is 30.0 Å². The Hall–Kier alpha value is -2.06. The summed E-state index contributed by atoms with van der Waals surface area (Å²) in [6.07, 6.45) is 1.59. The molecular formula is C17H22N4O3S. The lowest BCUT2D eigenvalue weighted by molar-refractivity contribution is -0.117. The standard InChI is InChI=1S/C17H22N4O3S/c1-12(15(22)20-10-8-13-6-3-4-7-14(13)20)25-17-19-18-16(23)21(17)9-5-11-24-2/h3-4,6-7,12H,5,8-11H2,1-2H3,(H,18,23). The molecule has 25 heavy (non-hydrogen) atoms. The number of benzene rings is 1. The number of amides is 1. The van der Waals surface area contributed by atoms with E-state index in [4.69, 9.17) is 4.74 Å². The molecule has 0 saturated heterocycles. The van der Waals surface area contributed by atoms with Crippen LogP contribution in [0, 0.1) is 0 Å². The lowest BCUT2D eigenvalue weighted by Gasteiger charge is -2.21. The van der Waals surface area contributed by atoms with Crippen LogP contribution in [0.4, 0.5) is 5.69 Å². The number of H-pyrrole nitrogens is 1. The van der Waals surface area contributed by atoms with Crippen molar-refractivity contribution in [3.63, 3.8) is 0 Å². The van der Waals surface area contributed by atoms with Gasteiger partial charge in [0, 0.05) is 32.5 Å². The minimum Gasteiger partial charge on any atom is -0.385 e. The van der Waals surface area contributed by atoms with Crippen molar-refractivity contribution in [2.45, 2.75) is 36.7 Å². The molecule has 2 heterocycles. The summed E-state index contributed by atoms with van der Waals surface area (Å²) < 4.78 is 6.59.